The number of ether oxygens (including phenoxy) is 5. The van der Waals surface area contributed by atoms with Gasteiger partial charge in [0, 0.05) is 0 Å². The van der Waals surface area contributed by atoms with Gasteiger partial charge in [-0.2, -0.15) is 0 Å². The van der Waals surface area contributed by atoms with Gasteiger partial charge in [-0.15, -0.1) is 0 Å². The Morgan fingerprint density at radius 2 is 0.472 bits per heavy atom. The molecule has 0 aromatic heterocycles. The number of fused-ring (bicyclic) bond motifs is 3. The second-order valence-corrected chi connectivity index (χ2v) is 29.0. The van der Waals surface area contributed by atoms with Crippen LogP contribution < -0.4 is 0 Å². The molecule has 0 aliphatic carbocycles. The Labute approximate surface area is 638 Å². The third kappa shape index (κ3) is 31.3. The molecule has 0 aliphatic rings. The number of benzene rings is 8. The zero-order chi connectivity index (χ0) is 77.7. The van der Waals surface area contributed by atoms with E-state index in [-0.39, 0.29) is 29.8 Å². The summed E-state index contributed by atoms with van der Waals surface area (Å²) in [6, 6.07) is 59.6. The summed E-state index contributed by atoms with van der Waals surface area (Å²) in [5, 5.41) is 6.61. The van der Waals surface area contributed by atoms with E-state index in [0.29, 0.717) is 60.9 Å². The highest BCUT2D eigenvalue weighted by Crippen LogP contribution is 2.21. The van der Waals surface area contributed by atoms with Gasteiger partial charge in [0.2, 0.25) is 0 Å². The zero-order valence-corrected chi connectivity index (χ0v) is 67.7. The van der Waals surface area contributed by atoms with Crippen LogP contribution in [0.25, 0.3) is 32.3 Å². The van der Waals surface area contributed by atoms with Gasteiger partial charge >= 0.3 is 29.8 Å². The largest absolute Gasteiger partial charge is 0.456 e. The van der Waals surface area contributed by atoms with Crippen LogP contribution in [-0.2, 0) is 23.7 Å². The number of hydrogen-bond acceptors (Lipinski definition) is 10. The maximum atomic E-state index is 12.3. The number of carbonyl (C=O) groups excluding carboxylic acids is 5. The predicted molar refractivity (Wildman–Crippen MR) is 438 cm³/mol. The quantitative estimate of drug-likeness (QED) is 0.0208. The summed E-state index contributed by atoms with van der Waals surface area (Å²) in [6.07, 6.45) is 8.28. The number of esters is 5. The maximum Gasteiger partial charge on any atom is 0.338 e. The lowest BCUT2D eigenvalue weighted by atomic mass is 10.1. The first-order valence-corrected chi connectivity index (χ1v) is 39.7. The van der Waals surface area contributed by atoms with E-state index in [0.717, 1.165) is 166 Å². The summed E-state index contributed by atoms with van der Waals surface area (Å²) in [6.45, 7) is 46.9. The molecule has 0 aliphatic heterocycles. The molecular formula is C91H134N5O10+5. The molecule has 106 heavy (non-hydrogen) atoms. The number of likely N-dealkylation sites (N-methyl/N-ethyl adjacent to an activating group) is 5. The van der Waals surface area contributed by atoms with Gasteiger partial charge in [0.05, 0.1) is 127 Å². The normalized spacial score (nSPS) is 12.0. The highest BCUT2D eigenvalue weighted by atomic mass is 16.5. The third-order valence-corrected chi connectivity index (χ3v) is 20.7. The molecule has 0 heterocycles. The first-order chi connectivity index (χ1) is 51.1. The summed E-state index contributed by atoms with van der Waals surface area (Å²) >= 11 is 0. The second kappa shape index (κ2) is 48.8. The van der Waals surface area contributed by atoms with Crippen LogP contribution in [0.5, 0.6) is 0 Å². The minimum atomic E-state index is -0.251. The molecule has 0 spiro atoms. The van der Waals surface area contributed by atoms with E-state index < -0.39 is 0 Å². The van der Waals surface area contributed by atoms with Crippen LogP contribution in [0, 0.1) is 0 Å². The molecule has 0 N–H and O–H groups in total. The summed E-state index contributed by atoms with van der Waals surface area (Å²) in [4.78, 5) is 60.4. The topological polar surface area (TPSA) is 132 Å². The Kier molecular flexibility index (Phi) is 41.5. The average molecular weight is 1460 g/mol. The van der Waals surface area contributed by atoms with Crippen molar-refractivity contribution < 1.29 is 70.1 Å². The molecule has 0 amide bonds. The van der Waals surface area contributed by atoms with Crippen LogP contribution >= 0.6 is 0 Å². The molecule has 15 heteroatoms. The van der Waals surface area contributed by atoms with Gasteiger partial charge < -0.3 is 46.1 Å². The highest BCUT2D eigenvalue weighted by Gasteiger charge is 2.28. The number of rotatable bonds is 39. The molecular weight excluding hydrogens is 1320 g/mol. The van der Waals surface area contributed by atoms with E-state index in [4.69, 9.17) is 23.7 Å². The van der Waals surface area contributed by atoms with Crippen LogP contribution in [0.4, 0.5) is 0 Å². The van der Waals surface area contributed by atoms with Crippen molar-refractivity contribution in [2.24, 2.45) is 0 Å². The predicted octanol–water partition coefficient (Wildman–Crippen LogP) is 18.6. The fourth-order valence-corrected chi connectivity index (χ4v) is 13.7. The van der Waals surface area contributed by atoms with E-state index in [1.54, 1.807) is 24.3 Å². The van der Waals surface area contributed by atoms with Gasteiger partial charge in [0.15, 0.2) is 0 Å². The van der Waals surface area contributed by atoms with Crippen molar-refractivity contribution in [1.82, 2.24) is 0 Å². The summed E-state index contributed by atoms with van der Waals surface area (Å²) in [5.41, 5.74) is 3.14. The standard InChI is InChI=1S/C21H30NO2.C19H26NO2.C18H30NO2.C17H28NO2.C16H20NO2/c1-4-13-22(6-3,14-5-2)15-16-24-21(23)20-12-11-18-9-7-8-10-19(18)17-20;1-4-20(5-2,6-3)13-14-22-19(21)18-12-11-16-9-7-8-10-17(16)15-18;1-4-7-14-19(6-3,13-5-2)15-16-21-18(20)17-11-9-8-10-12-17;1-4-12-18(6-3,13-5-2)14-15-20-17(19)16-10-8-7-9-11-16;1-17(2,3)10-11-19-16(18)15-9-8-13-6-4-5-7-14(13)12-15/h7-12,17H,4-6,13-16H2,1-3H3;7-12,15H,4-6,13-14H2,1-3H3;8-12H,4-7,13-16H2,1-3H3;7-11H,4-6,12-15H2,1-3H3;4-9,12H,10-11H2,1-3H3/q5*+1. The minimum absolute atomic E-state index is 0.211. The number of unbranched alkanes of at least 4 members (excludes halogenated alkanes) is 1. The smallest absolute Gasteiger partial charge is 0.338 e. The maximum absolute atomic E-state index is 12.3. The third-order valence-electron chi connectivity index (χ3n) is 20.7. The Morgan fingerprint density at radius 1 is 0.236 bits per heavy atom. The van der Waals surface area contributed by atoms with E-state index in [2.05, 4.69) is 104 Å². The van der Waals surface area contributed by atoms with Crippen LogP contribution in [0.2, 0.25) is 0 Å². The molecule has 0 radical (unpaired) electrons. The van der Waals surface area contributed by atoms with E-state index in [9.17, 15) is 24.0 Å². The van der Waals surface area contributed by atoms with E-state index in [1.807, 2.05) is 164 Å². The van der Waals surface area contributed by atoms with Crippen molar-refractivity contribution in [1.29, 1.82) is 0 Å². The zero-order valence-electron chi connectivity index (χ0n) is 67.7. The monoisotopic (exact) mass is 1460 g/mol. The molecule has 0 bridgehead atoms. The summed E-state index contributed by atoms with van der Waals surface area (Å²) in [7, 11) is 6.22. The molecule has 8 rings (SSSR count). The molecule has 0 saturated carbocycles. The van der Waals surface area contributed by atoms with Crippen molar-refractivity contribution in [3.63, 3.8) is 0 Å². The van der Waals surface area contributed by atoms with Crippen LogP contribution in [0.15, 0.2) is 188 Å². The fourth-order valence-electron chi connectivity index (χ4n) is 13.7. The van der Waals surface area contributed by atoms with Crippen LogP contribution in [0.3, 0.4) is 0 Å². The lowest BCUT2D eigenvalue weighted by Crippen LogP contribution is -2.51. The number of quaternary nitrogens is 5. The van der Waals surface area contributed by atoms with Gasteiger partial charge in [-0.1, -0.05) is 175 Å². The second-order valence-electron chi connectivity index (χ2n) is 29.0. The average Bonchev–Trinajstić information content (AvgIpc) is 0.841. The van der Waals surface area contributed by atoms with Crippen molar-refractivity contribution in [3.8, 4) is 0 Å². The van der Waals surface area contributed by atoms with Crippen molar-refractivity contribution >= 4 is 62.2 Å². The Hall–Kier alpha value is -8.31. The Balaban J connectivity index is 0.000000281. The van der Waals surface area contributed by atoms with Gasteiger partial charge in [-0.3, -0.25) is 0 Å². The molecule has 0 fully saturated rings. The van der Waals surface area contributed by atoms with Crippen molar-refractivity contribution in [2.45, 2.75) is 128 Å². The van der Waals surface area contributed by atoms with Gasteiger partial charge in [-0.25, -0.2) is 24.0 Å². The molecule has 8 aromatic carbocycles. The minimum Gasteiger partial charge on any atom is -0.456 e. The Morgan fingerprint density at radius 3 is 0.726 bits per heavy atom. The first-order valence-electron chi connectivity index (χ1n) is 39.7. The number of nitrogens with zero attached hydrogens (tertiary/aromatic N) is 5. The molecule has 8 aromatic rings. The molecule has 0 saturated heterocycles. The van der Waals surface area contributed by atoms with Crippen LogP contribution in [-0.4, -0.2) is 218 Å². The highest BCUT2D eigenvalue weighted by molar-refractivity contribution is 5.97. The van der Waals surface area contributed by atoms with Crippen molar-refractivity contribution in [3.05, 3.63) is 216 Å². The SMILES string of the molecule is CCCC[N+](CC)(CCC)CCOC(=O)c1ccccc1.CCC[N+](CC)(CCC)CCOC(=O)c1ccc2ccccc2c1.CCC[N+](CC)(CCC)CCOC(=O)c1ccccc1.CC[N+](CC)(CC)CCOC(=O)c1ccc2ccccc2c1.C[N+](C)(C)CCOC(=O)c1ccc2ccccc2c1. The summed E-state index contributed by atoms with van der Waals surface area (Å²) < 4.78 is 32.2. The number of hydrogen-bond donors (Lipinski definition) is 0. The van der Waals surface area contributed by atoms with Gasteiger partial charge in [-0.05, 0) is 173 Å². The van der Waals surface area contributed by atoms with Crippen molar-refractivity contribution in [2.75, 3.05) is 165 Å². The van der Waals surface area contributed by atoms with Gasteiger partial charge in [0.25, 0.3) is 0 Å². The lowest BCUT2D eigenvalue weighted by Gasteiger charge is -2.37. The van der Waals surface area contributed by atoms with E-state index >= 15 is 0 Å². The summed E-state index contributed by atoms with van der Waals surface area (Å²) in [5.74, 6) is -1.13. The molecule has 1 atom stereocenters. The molecule has 578 valence electrons. The van der Waals surface area contributed by atoms with E-state index in [1.165, 1.54) is 45.2 Å². The number of carbonyl (C=O) groups is 5. The fraction of sp³-hybridized carbons (Fsp3) is 0.484. The van der Waals surface area contributed by atoms with Gasteiger partial charge in [0.1, 0.15) is 65.8 Å². The Bertz CT molecular complexity index is 3790. The lowest BCUT2D eigenvalue weighted by molar-refractivity contribution is -0.926. The molecule has 1 unspecified atom stereocenters. The molecule has 15 nitrogen and oxygen atoms in total. The van der Waals surface area contributed by atoms with Crippen LogP contribution in [0.1, 0.15) is 180 Å². The first kappa shape index (κ1) is 90.1.